The highest BCUT2D eigenvalue weighted by Crippen LogP contribution is 2.21. The fourth-order valence-electron chi connectivity index (χ4n) is 2.72. The van der Waals surface area contributed by atoms with Crippen LogP contribution in [0.4, 0.5) is 13.6 Å². The summed E-state index contributed by atoms with van der Waals surface area (Å²) >= 11 is 4.52. The third kappa shape index (κ3) is 6.27. The van der Waals surface area contributed by atoms with E-state index in [1.807, 2.05) is 0 Å². The normalized spacial score (nSPS) is 12.5. The first-order chi connectivity index (χ1) is 13.0. The van der Waals surface area contributed by atoms with Gasteiger partial charge >= 0.3 is 6.09 Å². The van der Waals surface area contributed by atoms with E-state index in [0.29, 0.717) is 10.4 Å². The third-order valence-corrected chi connectivity index (χ3v) is 5.66. The van der Waals surface area contributed by atoms with Crippen molar-refractivity contribution in [1.82, 2.24) is 10.2 Å². The zero-order valence-corrected chi connectivity index (χ0v) is 18.0. The van der Waals surface area contributed by atoms with Gasteiger partial charge in [-0.1, -0.05) is 0 Å². The molecule has 0 fully saturated rings. The summed E-state index contributed by atoms with van der Waals surface area (Å²) in [6, 6.07) is 4.08. The molecule has 0 saturated carbocycles. The zero-order chi connectivity index (χ0) is 21.1. The minimum atomic E-state index is -1.14. The van der Waals surface area contributed by atoms with Crippen molar-refractivity contribution >= 4 is 39.3 Å². The highest BCUT2D eigenvalue weighted by atomic mass is 79.9. The van der Waals surface area contributed by atoms with E-state index in [1.165, 1.54) is 28.4 Å². The quantitative estimate of drug-likeness (QED) is 0.624. The van der Waals surface area contributed by atoms with Gasteiger partial charge in [-0.15, -0.1) is 11.3 Å². The summed E-state index contributed by atoms with van der Waals surface area (Å²) in [6.07, 6.45) is -1.07. The van der Waals surface area contributed by atoms with Gasteiger partial charge in [0.25, 0.3) is 5.91 Å². The molecule has 152 valence electrons. The monoisotopic (exact) mass is 474 g/mol. The number of hydrogen-bond acceptors (Lipinski definition) is 3. The van der Waals surface area contributed by atoms with E-state index in [-0.39, 0.29) is 18.9 Å². The Balaban J connectivity index is 2.28. The van der Waals surface area contributed by atoms with Gasteiger partial charge in [0, 0.05) is 28.0 Å². The molecule has 2 amide bonds. The van der Waals surface area contributed by atoms with Gasteiger partial charge in [-0.05, 0) is 66.9 Å². The average Bonchev–Trinajstić information content (AvgIpc) is 2.96. The van der Waals surface area contributed by atoms with E-state index in [4.69, 9.17) is 0 Å². The number of benzene rings is 1. The van der Waals surface area contributed by atoms with Crippen LogP contribution in [0.5, 0.6) is 0 Å². The molecule has 2 rings (SSSR count). The van der Waals surface area contributed by atoms with Crippen LogP contribution in [0.2, 0.25) is 0 Å². The molecule has 9 heteroatoms. The number of carbonyl (C=O) groups is 2. The number of nitrogens with zero attached hydrogens (tertiary/aromatic N) is 1. The summed E-state index contributed by atoms with van der Waals surface area (Å²) in [5.41, 5.74) is -0.386. The summed E-state index contributed by atoms with van der Waals surface area (Å²) in [6.45, 7) is 5.17. The van der Waals surface area contributed by atoms with Crippen molar-refractivity contribution in [3.8, 4) is 0 Å². The van der Waals surface area contributed by atoms with Crippen molar-refractivity contribution < 1.29 is 23.5 Å². The Labute approximate surface area is 174 Å². The first kappa shape index (κ1) is 22.3. The zero-order valence-electron chi connectivity index (χ0n) is 15.6. The molecule has 0 unspecified atom stereocenters. The second-order valence-corrected chi connectivity index (χ2v) is 9.17. The first-order valence-corrected chi connectivity index (χ1v) is 10.1. The van der Waals surface area contributed by atoms with Gasteiger partial charge in [0.2, 0.25) is 0 Å². The van der Waals surface area contributed by atoms with Gasteiger partial charge in [0.1, 0.15) is 11.6 Å². The Bertz CT molecular complexity index is 847. The molecule has 1 aromatic heterocycles. The molecule has 0 spiro atoms. The Kier molecular flexibility index (Phi) is 7.16. The number of halogens is 3. The number of thiophene rings is 1. The van der Waals surface area contributed by atoms with Crippen LogP contribution in [-0.2, 0) is 6.42 Å². The molecule has 1 atom stereocenters. The Hall–Kier alpha value is -2.00. The number of rotatable bonds is 6. The lowest BCUT2D eigenvalue weighted by molar-refractivity contribution is 0.0824. The summed E-state index contributed by atoms with van der Waals surface area (Å²) in [5.74, 6) is -1.84. The largest absolute Gasteiger partial charge is 0.465 e. The summed E-state index contributed by atoms with van der Waals surface area (Å²) in [4.78, 5) is 25.9. The fraction of sp³-hybridized carbons (Fsp3) is 0.368. The van der Waals surface area contributed by atoms with E-state index in [9.17, 15) is 23.5 Å². The Morgan fingerprint density at radius 3 is 2.29 bits per heavy atom. The van der Waals surface area contributed by atoms with Gasteiger partial charge in [0.15, 0.2) is 0 Å². The summed E-state index contributed by atoms with van der Waals surface area (Å²) in [7, 11) is 0. The van der Waals surface area contributed by atoms with E-state index >= 15 is 0 Å². The molecule has 2 aromatic rings. The van der Waals surface area contributed by atoms with E-state index in [1.54, 1.807) is 32.2 Å². The molecule has 0 aliphatic carbocycles. The fourth-order valence-corrected chi connectivity index (χ4v) is 4.05. The maximum absolute atomic E-state index is 13.6. The van der Waals surface area contributed by atoms with Crippen LogP contribution in [0.25, 0.3) is 0 Å². The standard InChI is InChI=1S/C19H21BrF2N2O3S/c1-19(2,3)24(18(26)27)9-15(6-11-4-13(21)8-14(22)5-11)23-17(25)16-7-12(20)10-28-16/h4-5,7-8,10,15H,6,9H2,1-3H3,(H,23,25)(H,26,27)/t15-/m0/s1. The molecule has 28 heavy (non-hydrogen) atoms. The van der Waals surface area contributed by atoms with Crippen molar-refractivity contribution in [2.45, 2.75) is 38.8 Å². The molecular weight excluding hydrogens is 454 g/mol. The van der Waals surface area contributed by atoms with Gasteiger partial charge < -0.3 is 15.3 Å². The summed E-state index contributed by atoms with van der Waals surface area (Å²) < 4.78 is 27.9. The SMILES string of the molecule is CC(C)(C)N(C[C@H](Cc1cc(F)cc(F)c1)NC(=O)c1cc(Br)cs1)C(=O)O. The van der Waals surface area contributed by atoms with Crippen LogP contribution >= 0.6 is 27.3 Å². The molecule has 0 aliphatic heterocycles. The second kappa shape index (κ2) is 9.00. The van der Waals surface area contributed by atoms with Crippen molar-refractivity contribution in [3.63, 3.8) is 0 Å². The Morgan fingerprint density at radius 2 is 1.82 bits per heavy atom. The third-order valence-electron chi connectivity index (χ3n) is 3.97. The van der Waals surface area contributed by atoms with Crippen LogP contribution < -0.4 is 5.32 Å². The number of nitrogens with one attached hydrogen (secondary N) is 1. The number of carboxylic acid groups (broad SMARTS) is 1. The minimum Gasteiger partial charge on any atom is -0.465 e. The predicted octanol–water partition coefficient (Wildman–Crippen LogP) is 4.91. The molecule has 0 saturated heterocycles. The maximum Gasteiger partial charge on any atom is 0.407 e. The van der Waals surface area contributed by atoms with E-state index < -0.39 is 29.3 Å². The predicted molar refractivity (Wildman–Crippen MR) is 108 cm³/mol. The molecular formula is C19H21BrF2N2O3S. The summed E-state index contributed by atoms with van der Waals surface area (Å²) in [5, 5.41) is 14.1. The first-order valence-electron chi connectivity index (χ1n) is 8.46. The van der Waals surface area contributed by atoms with Gasteiger partial charge in [-0.3, -0.25) is 4.79 Å². The van der Waals surface area contributed by atoms with Crippen molar-refractivity contribution in [2.24, 2.45) is 0 Å². The van der Waals surface area contributed by atoms with Crippen LogP contribution in [0.1, 0.15) is 36.0 Å². The molecule has 0 bridgehead atoms. The highest BCUT2D eigenvalue weighted by molar-refractivity contribution is 9.10. The van der Waals surface area contributed by atoms with Crippen LogP contribution in [-0.4, -0.2) is 40.1 Å². The van der Waals surface area contributed by atoms with Crippen LogP contribution in [0.15, 0.2) is 34.1 Å². The van der Waals surface area contributed by atoms with E-state index in [0.717, 1.165) is 10.5 Å². The van der Waals surface area contributed by atoms with Crippen LogP contribution in [0, 0.1) is 11.6 Å². The van der Waals surface area contributed by atoms with Crippen molar-refractivity contribution in [1.29, 1.82) is 0 Å². The minimum absolute atomic E-state index is 0.0325. The number of hydrogen-bond donors (Lipinski definition) is 2. The molecule has 5 nitrogen and oxygen atoms in total. The molecule has 0 radical (unpaired) electrons. The van der Waals surface area contributed by atoms with Gasteiger partial charge in [-0.2, -0.15) is 0 Å². The van der Waals surface area contributed by atoms with Crippen molar-refractivity contribution in [3.05, 3.63) is 56.2 Å². The van der Waals surface area contributed by atoms with Crippen LogP contribution in [0.3, 0.4) is 0 Å². The Morgan fingerprint density at radius 1 is 1.21 bits per heavy atom. The van der Waals surface area contributed by atoms with E-state index in [2.05, 4.69) is 21.2 Å². The lowest BCUT2D eigenvalue weighted by Crippen LogP contribution is -2.53. The average molecular weight is 475 g/mol. The van der Waals surface area contributed by atoms with Crippen molar-refractivity contribution in [2.75, 3.05) is 6.54 Å². The molecule has 1 aromatic carbocycles. The van der Waals surface area contributed by atoms with Gasteiger partial charge in [0.05, 0.1) is 10.9 Å². The maximum atomic E-state index is 13.6. The molecule has 1 heterocycles. The lowest BCUT2D eigenvalue weighted by atomic mass is 10.0. The molecule has 0 aliphatic rings. The molecule has 2 N–H and O–H groups in total. The highest BCUT2D eigenvalue weighted by Gasteiger charge is 2.30. The second-order valence-electron chi connectivity index (χ2n) is 7.35. The topological polar surface area (TPSA) is 69.6 Å². The smallest absolute Gasteiger partial charge is 0.407 e. The number of amides is 2. The van der Waals surface area contributed by atoms with Gasteiger partial charge in [-0.25, -0.2) is 13.6 Å². The lowest BCUT2D eigenvalue weighted by Gasteiger charge is -2.36. The number of carbonyl (C=O) groups excluding carboxylic acids is 1.